The van der Waals surface area contributed by atoms with Crippen LogP contribution in [0.25, 0.3) is 0 Å². The van der Waals surface area contributed by atoms with E-state index in [1.165, 1.54) is 0 Å². The van der Waals surface area contributed by atoms with Crippen molar-refractivity contribution in [2.45, 2.75) is 32.0 Å². The normalized spacial score (nSPS) is 20.9. The van der Waals surface area contributed by atoms with Crippen LogP contribution in [-0.2, 0) is 4.79 Å². The number of rotatable bonds is 5. The number of aliphatic carboxylic acids is 1. The minimum absolute atomic E-state index is 0.0575. The van der Waals surface area contributed by atoms with E-state index in [-0.39, 0.29) is 19.4 Å². The molecular formula is C11H19F3N2O2. The van der Waals surface area contributed by atoms with E-state index in [1.807, 2.05) is 0 Å². The molecular weight excluding hydrogens is 249 g/mol. The lowest BCUT2D eigenvalue weighted by Gasteiger charge is -2.34. The average molecular weight is 268 g/mol. The third-order valence-corrected chi connectivity index (χ3v) is 3.24. The fourth-order valence-corrected chi connectivity index (χ4v) is 2.18. The van der Waals surface area contributed by atoms with E-state index in [0.29, 0.717) is 19.6 Å². The molecule has 0 amide bonds. The van der Waals surface area contributed by atoms with Gasteiger partial charge in [-0.1, -0.05) is 6.92 Å². The second kappa shape index (κ2) is 6.38. The fourth-order valence-electron chi connectivity index (χ4n) is 2.18. The number of halogens is 3. The van der Waals surface area contributed by atoms with Gasteiger partial charge in [-0.25, -0.2) is 0 Å². The zero-order valence-corrected chi connectivity index (χ0v) is 10.3. The lowest BCUT2D eigenvalue weighted by molar-refractivity contribution is -0.185. The van der Waals surface area contributed by atoms with E-state index < -0.39 is 24.1 Å². The minimum Gasteiger partial charge on any atom is -0.480 e. The quantitative estimate of drug-likeness (QED) is 0.789. The van der Waals surface area contributed by atoms with Crippen LogP contribution in [-0.4, -0.2) is 54.4 Å². The maximum absolute atomic E-state index is 12.5. The number of alkyl halides is 3. The van der Waals surface area contributed by atoms with Gasteiger partial charge in [0.1, 0.15) is 6.04 Å². The molecule has 0 aromatic rings. The molecule has 18 heavy (non-hydrogen) atoms. The topological polar surface area (TPSA) is 52.6 Å². The predicted octanol–water partition coefficient (Wildman–Crippen LogP) is 1.32. The molecule has 1 unspecified atom stereocenters. The van der Waals surface area contributed by atoms with Crippen LogP contribution in [0.15, 0.2) is 0 Å². The number of nitrogens with one attached hydrogen (secondary N) is 1. The lowest BCUT2D eigenvalue weighted by Crippen LogP contribution is -2.49. The average Bonchev–Trinajstić information content (AvgIpc) is 2.28. The smallest absolute Gasteiger partial charge is 0.391 e. The van der Waals surface area contributed by atoms with Crippen molar-refractivity contribution in [3.8, 4) is 0 Å². The SMILES string of the molecule is CCNC(CN1CCC(C(F)(F)F)CC1)C(=O)O. The number of carboxylic acids is 1. The number of likely N-dealkylation sites (N-methyl/N-ethyl adjacent to an activating group) is 1. The molecule has 0 aromatic heterocycles. The Labute approximate surface area is 104 Å². The molecule has 1 atom stereocenters. The first-order valence-electron chi connectivity index (χ1n) is 6.09. The highest BCUT2D eigenvalue weighted by molar-refractivity contribution is 5.73. The molecule has 0 radical (unpaired) electrons. The summed E-state index contributed by atoms with van der Waals surface area (Å²) in [7, 11) is 0. The number of hydrogen-bond donors (Lipinski definition) is 2. The molecule has 4 nitrogen and oxygen atoms in total. The predicted molar refractivity (Wildman–Crippen MR) is 60.3 cm³/mol. The number of carboxylic acid groups (broad SMARTS) is 1. The van der Waals surface area contributed by atoms with Crippen molar-refractivity contribution in [1.82, 2.24) is 10.2 Å². The van der Waals surface area contributed by atoms with E-state index >= 15 is 0 Å². The van der Waals surface area contributed by atoms with Crippen molar-refractivity contribution in [3.63, 3.8) is 0 Å². The summed E-state index contributed by atoms with van der Waals surface area (Å²) < 4.78 is 37.4. The van der Waals surface area contributed by atoms with Gasteiger partial charge in [0.25, 0.3) is 0 Å². The van der Waals surface area contributed by atoms with E-state index in [4.69, 9.17) is 5.11 Å². The largest absolute Gasteiger partial charge is 0.480 e. The summed E-state index contributed by atoms with van der Waals surface area (Å²) in [5.41, 5.74) is 0. The number of hydrogen-bond acceptors (Lipinski definition) is 3. The number of nitrogens with zero attached hydrogens (tertiary/aromatic N) is 1. The van der Waals surface area contributed by atoms with Crippen molar-refractivity contribution in [1.29, 1.82) is 0 Å². The molecule has 0 aromatic carbocycles. The number of likely N-dealkylation sites (tertiary alicyclic amines) is 1. The number of carbonyl (C=O) groups is 1. The second-order valence-corrected chi connectivity index (χ2v) is 4.56. The van der Waals surface area contributed by atoms with Gasteiger partial charge in [0, 0.05) is 6.54 Å². The summed E-state index contributed by atoms with van der Waals surface area (Å²) in [6.45, 7) is 3.19. The van der Waals surface area contributed by atoms with Crippen LogP contribution in [0.4, 0.5) is 13.2 Å². The van der Waals surface area contributed by atoms with Crippen LogP contribution >= 0.6 is 0 Å². The van der Waals surface area contributed by atoms with E-state index in [9.17, 15) is 18.0 Å². The molecule has 0 aliphatic carbocycles. The molecule has 1 heterocycles. The molecule has 0 saturated carbocycles. The van der Waals surface area contributed by atoms with Crippen LogP contribution < -0.4 is 5.32 Å². The molecule has 2 N–H and O–H groups in total. The molecule has 1 rings (SSSR count). The Hall–Kier alpha value is -0.820. The first-order chi connectivity index (χ1) is 8.34. The van der Waals surface area contributed by atoms with Crippen molar-refractivity contribution < 1.29 is 23.1 Å². The van der Waals surface area contributed by atoms with Crippen molar-refractivity contribution in [2.75, 3.05) is 26.2 Å². The highest BCUT2D eigenvalue weighted by atomic mass is 19.4. The van der Waals surface area contributed by atoms with Gasteiger partial charge in [-0.3, -0.25) is 4.79 Å². The second-order valence-electron chi connectivity index (χ2n) is 4.56. The van der Waals surface area contributed by atoms with Crippen LogP contribution in [0.2, 0.25) is 0 Å². The standard InChI is InChI=1S/C11H19F3N2O2/c1-2-15-9(10(17)18)7-16-5-3-8(4-6-16)11(12,13)14/h8-9,15H,2-7H2,1H3,(H,17,18). The summed E-state index contributed by atoms with van der Waals surface area (Å²) >= 11 is 0. The Balaban J connectivity index is 2.41. The van der Waals surface area contributed by atoms with E-state index in [1.54, 1.807) is 11.8 Å². The summed E-state index contributed by atoms with van der Waals surface area (Å²) in [5, 5.41) is 11.8. The van der Waals surface area contributed by atoms with Crippen LogP contribution in [0, 0.1) is 5.92 Å². The third-order valence-electron chi connectivity index (χ3n) is 3.24. The highest BCUT2D eigenvalue weighted by Crippen LogP contribution is 2.33. The summed E-state index contributed by atoms with van der Waals surface area (Å²) in [5.74, 6) is -2.20. The van der Waals surface area contributed by atoms with Crippen molar-refractivity contribution >= 4 is 5.97 Å². The minimum atomic E-state index is -4.13. The molecule has 0 bridgehead atoms. The third kappa shape index (κ3) is 4.45. The van der Waals surface area contributed by atoms with Crippen molar-refractivity contribution in [3.05, 3.63) is 0 Å². The molecule has 0 spiro atoms. The van der Waals surface area contributed by atoms with Gasteiger partial charge in [0.15, 0.2) is 0 Å². The zero-order chi connectivity index (χ0) is 13.8. The van der Waals surface area contributed by atoms with E-state index in [2.05, 4.69) is 5.32 Å². The summed E-state index contributed by atoms with van der Waals surface area (Å²) in [4.78, 5) is 12.7. The fraction of sp³-hybridized carbons (Fsp3) is 0.909. The van der Waals surface area contributed by atoms with E-state index in [0.717, 1.165) is 0 Å². The van der Waals surface area contributed by atoms with Gasteiger partial charge in [0.2, 0.25) is 0 Å². The van der Waals surface area contributed by atoms with Crippen molar-refractivity contribution in [2.24, 2.45) is 5.92 Å². The van der Waals surface area contributed by atoms with Gasteiger partial charge >= 0.3 is 12.1 Å². The van der Waals surface area contributed by atoms with Gasteiger partial charge in [-0.15, -0.1) is 0 Å². The Morgan fingerprint density at radius 1 is 1.44 bits per heavy atom. The Morgan fingerprint density at radius 3 is 2.39 bits per heavy atom. The Morgan fingerprint density at radius 2 is 2.00 bits per heavy atom. The van der Waals surface area contributed by atoms with Gasteiger partial charge < -0.3 is 15.3 Å². The maximum atomic E-state index is 12.5. The Kier molecular flexibility index (Phi) is 5.40. The van der Waals surface area contributed by atoms with Crippen LogP contribution in [0.1, 0.15) is 19.8 Å². The van der Waals surface area contributed by atoms with Crippen LogP contribution in [0.3, 0.4) is 0 Å². The van der Waals surface area contributed by atoms with Gasteiger partial charge in [0.05, 0.1) is 5.92 Å². The first-order valence-corrected chi connectivity index (χ1v) is 6.09. The molecule has 1 fully saturated rings. The molecule has 1 aliphatic rings. The monoisotopic (exact) mass is 268 g/mol. The first kappa shape index (κ1) is 15.2. The molecule has 1 saturated heterocycles. The van der Waals surface area contributed by atoms with Gasteiger partial charge in [-0.05, 0) is 32.5 Å². The zero-order valence-electron chi connectivity index (χ0n) is 10.3. The number of piperidine rings is 1. The molecule has 106 valence electrons. The summed E-state index contributed by atoms with van der Waals surface area (Å²) in [6, 6.07) is -0.711. The molecule has 7 heteroatoms. The van der Waals surface area contributed by atoms with Crippen LogP contribution in [0.5, 0.6) is 0 Å². The summed E-state index contributed by atoms with van der Waals surface area (Å²) in [6.07, 6.45) is -4.01. The van der Waals surface area contributed by atoms with Gasteiger partial charge in [-0.2, -0.15) is 13.2 Å². The highest BCUT2D eigenvalue weighted by Gasteiger charge is 2.41. The lowest BCUT2D eigenvalue weighted by atomic mass is 9.96. The molecule has 1 aliphatic heterocycles. The maximum Gasteiger partial charge on any atom is 0.391 e. The Bertz CT molecular complexity index is 276.